The molecule has 0 fully saturated rings. The van der Waals surface area contributed by atoms with Crippen LogP contribution in [0.25, 0.3) is 11.1 Å². The lowest BCUT2D eigenvalue weighted by molar-refractivity contribution is 0.513. The molecule has 0 N–H and O–H groups in total. The first-order chi connectivity index (χ1) is 19.2. The number of aromatic nitrogens is 2. The molecule has 0 spiro atoms. The Bertz CT molecular complexity index is 1590. The quantitative estimate of drug-likeness (QED) is 0.168. The summed E-state index contributed by atoms with van der Waals surface area (Å²) in [5, 5.41) is 0. The van der Waals surface area contributed by atoms with E-state index in [-0.39, 0.29) is 0 Å². The van der Waals surface area contributed by atoms with Crippen LogP contribution in [0, 0.1) is 0 Å². The van der Waals surface area contributed by atoms with Gasteiger partial charge < -0.3 is 4.57 Å². The zero-order chi connectivity index (χ0) is 26.9. The van der Waals surface area contributed by atoms with E-state index >= 15 is 0 Å². The zero-order valence-electron chi connectivity index (χ0n) is 22.1. The summed E-state index contributed by atoms with van der Waals surface area (Å²) in [5.74, 6) is 0. The summed E-state index contributed by atoms with van der Waals surface area (Å²) >= 11 is 0. The lowest BCUT2D eigenvalue weighted by Gasteiger charge is -2.37. The fourth-order valence-electron chi connectivity index (χ4n) is 6.50. The van der Waals surface area contributed by atoms with Gasteiger partial charge in [0, 0.05) is 17.3 Å². The van der Waals surface area contributed by atoms with Crippen LogP contribution in [0.15, 0.2) is 152 Å². The summed E-state index contributed by atoms with van der Waals surface area (Å²) < 4.78 is 2.27. The minimum atomic E-state index is -0.633. The molecular formula is C37H30N2. The van der Waals surface area contributed by atoms with Gasteiger partial charge in [-0.3, -0.25) is 0 Å². The monoisotopic (exact) mass is 502 g/mol. The molecule has 0 aliphatic heterocycles. The van der Waals surface area contributed by atoms with E-state index in [4.69, 9.17) is 4.98 Å². The second-order valence-electron chi connectivity index (χ2n) is 9.88. The van der Waals surface area contributed by atoms with Gasteiger partial charge in [0.05, 0.1) is 17.4 Å². The molecule has 5 aromatic rings. The number of nitrogens with zero attached hydrogens (tertiary/aromatic N) is 2. The van der Waals surface area contributed by atoms with Gasteiger partial charge in [-0.15, -0.1) is 11.5 Å². The molecule has 1 aromatic heterocycles. The molecule has 4 aromatic carbocycles. The van der Waals surface area contributed by atoms with Crippen molar-refractivity contribution < 1.29 is 0 Å². The van der Waals surface area contributed by atoms with E-state index in [0.29, 0.717) is 0 Å². The van der Waals surface area contributed by atoms with Crippen LogP contribution in [-0.4, -0.2) is 9.55 Å². The highest BCUT2D eigenvalue weighted by Gasteiger charge is 2.49. The fourth-order valence-corrected chi connectivity index (χ4v) is 6.50. The Morgan fingerprint density at radius 1 is 0.667 bits per heavy atom. The maximum Gasteiger partial charge on any atom is 0.121 e. The third-order valence-electron chi connectivity index (χ3n) is 8.19. The van der Waals surface area contributed by atoms with Crippen LogP contribution >= 0.6 is 0 Å². The molecule has 2 nitrogen and oxygen atoms in total. The van der Waals surface area contributed by atoms with E-state index in [1.54, 1.807) is 0 Å². The normalized spacial score (nSPS) is 16.4. The lowest BCUT2D eigenvalue weighted by atomic mass is 9.72. The summed E-state index contributed by atoms with van der Waals surface area (Å²) in [6.07, 6.45) is 4.96. The summed E-state index contributed by atoms with van der Waals surface area (Å²) in [6.45, 7) is 10.4. The first kappa shape index (κ1) is 24.5. The van der Waals surface area contributed by atoms with Crippen LogP contribution in [0.5, 0.6) is 0 Å². The van der Waals surface area contributed by atoms with Crippen LogP contribution in [0.3, 0.4) is 0 Å². The molecule has 0 bridgehead atoms. The maximum absolute atomic E-state index is 5.15. The highest BCUT2D eigenvalue weighted by molar-refractivity contribution is 6.01. The van der Waals surface area contributed by atoms with Gasteiger partial charge in [0.1, 0.15) is 5.54 Å². The first-order valence-corrected chi connectivity index (χ1v) is 13.3. The number of hydrogen-bond acceptors (Lipinski definition) is 1. The van der Waals surface area contributed by atoms with Crippen molar-refractivity contribution in [2.75, 3.05) is 0 Å². The van der Waals surface area contributed by atoms with E-state index in [1.165, 1.54) is 0 Å². The average Bonchev–Trinajstić information content (AvgIpc) is 3.61. The van der Waals surface area contributed by atoms with Crippen molar-refractivity contribution in [3.05, 3.63) is 186 Å². The zero-order valence-corrected chi connectivity index (χ0v) is 22.1. The topological polar surface area (TPSA) is 17.8 Å². The van der Waals surface area contributed by atoms with Gasteiger partial charge in [0.2, 0.25) is 0 Å². The number of benzene rings is 4. The molecule has 39 heavy (non-hydrogen) atoms. The molecule has 0 unspecified atom stereocenters. The van der Waals surface area contributed by atoms with Crippen molar-refractivity contribution in [3.8, 4) is 0 Å². The third kappa shape index (κ3) is 3.47. The minimum Gasteiger partial charge on any atom is -0.319 e. The van der Waals surface area contributed by atoms with Crippen molar-refractivity contribution in [2.24, 2.45) is 0 Å². The largest absolute Gasteiger partial charge is 0.319 e. The van der Waals surface area contributed by atoms with E-state index in [1.807, 2.05) is 6.33 Å². The summed E-state index contributed by atoms with van der Waals surface area (Å²) in [6, 6.07) is 40.4. The van der Waals surface area contributed by atoms with Gasteiger partial charge in [-0.25, -0.2) is 4.98 Å². The van der Waals surface area contributed by atoms with Crippen molar-refractivity contribution in [1.82, 2.24) is 9.55 Å². The van der Waals surface area contributed by atoms with E-state index in [2.05, 4.69) is 158 Å². The molecule has 6 rings (SSSR count). The first-order valence-electron chi connectivity index (χ1n) is 13.3. The predicted molar refractivity (Wildman–Crippen MR) is 160 cm³/mol. The molecule has 0 radical (unpaired) electrons. The molecule has 1 aliphatic rings. The minimum absolute atomic E-state index is 0.547. The van der Waals surface area contributed by atoms with E-state index < -0.39 is 11.0 Å². The predicted octanol–water partition coefficient (Wildman–Crippen LogP) is 8.42. The molecule has 2 heteroatoms. The second-order valence-corrected chi connectivity index (χ2v) is 9.88. The molecule has 0 saturated carbocycles. The standard InChI is InChI=1S/C37H30N2/c1-4-33-31-24-16-17-25-32(31)34(5-2)36(33,6-3)35-26-39(27-38-35)37(28-18-10-7-11-19-28,29-20-12-8-13-21-29)30-22-14-9-15-23-30/h7-27H,1-2,6H2,3H3. The molecule has 188 valence electrons. The van der Waals surface area contributed by atoms with Gasteiger partial charge >= 0.3 is 0 Å². The summed E-state index contributed by atoms with van der Waals surface area (Å²) in [7, 11) is 0. The highest BCUT2D eigenvalue weighted by Crippen LogP contribution is 2.56. The Morgan fingerprint density at radius 3 is 1.46 bits per heavy atom. The fraction of sp³-hybridized carbons (Fsp3) is 0.108. The van der Waals surface area contributed by atoms with Gasteiger partial charge in [-0.2, -0.15) is 0 Å². The van der Waals surface area contributed by atoms with Crippen LogP contribution in [0.4, 0.5) is 0 Å². The number of imidazole rings is 1. The molecule has 0 atom stereocenters. The Balaban J connectivity index is 1.67. The average molecular weight is 503 g/mol. The molecule has 1 aliphatic carbocycles. The lowest BCUT2D eigenvalue weighted by Crippen LogP contribution is -2.37. The van der Waals surface area contributed by atoms with Crippen molar-refractivity contribution in [3.63, 3.8) is 0 Å². The van der Waals surface area contributed by atoms with Crippen LogP contribution in [0.2, 0.25) is 0 Å². The number of fused-ring (bicyclic) bond motifs is 1. The number of hydrogen-bond donors (Lipinski definition) is 0. The van der Waals surface area contributed by atoms with Gasteiger partial charge in [-0.05, 0) is 34.2 Å². The molecular weight excluding hydrogens is 472 g/mol. The Morgan fingerprint density at radius 2 is 1.08 bits per heavy atom. The van der Waals surface area contributed by atoms with Crippen molar-refractivity contribution in [2.45, 2.75) is 24.3 Å². The number of rotatable bonds is 6. The van der Waals surface area contributed by atoms with Crippen LogP contribution < -0.4 is 0 Å². The van der Waals surface area contributed by atoms with E-state index in [9.17, 15) is 0 Å². The second kappa shape index (κ2) is 9.78. The Kier molecular flexibility index (Phi) is 6.14. The van der Waals surface area contributed by atoms with Gasteiger partial charge in [0.15, 0.2) is 0 Å². The van der Waals surface area contributed by atoms with Crippen molar-refractivity contribution in [1.29, 1.82) is 0 Å². The van der Waals surface area contributed by atoms with Crippen LogP contribution in [0.1, 0.15) is 46.9 Å². The SMILES string of the molecule is C=C=C1c2ccccc2C(=C=C)C1(CC)c1cn(C(c2ccccc2)(c2ccccc2)c2ccccc2)cn1. The summed E-state index contributed by atoms with van der Waals surface area (Å²) in [5.41, 5.74) is 14.1. The Hall–Kier alpha value is -4.87. The van der Waals surface area contributed by atoms with Gasteiger partial charge in [0.25, 0.3) is 0 Å². The maximum atomic E-state index is 5.15. The molecule has 0 saturated heterocycles. The Labute approximate surface area is 230 Å². The van der Waals surface area contributed by atoms with Crippen molar-refractivity contribution >= 4 is 11.1 Å². The molecule has 1 heterocycles. The van der Waals surface area contributed by atoms with E-state index in [0.717, 1.165) is 51.1 Å². The third-order valence-corrected chi connectivity index (χ3v) is 8.19. The summed E-state index contributed by atoms with van der Waals surface area (Å²) in [4.78, 5) is 5.15. The van der Waals surface area contributed by atoms with Gasteiger partial charge in [-0.1, -0.05) is 135 Å². The smallest absolute Gasteiger partial charge is 0.121 e. The highest BCUT2D eigenvalue weighted by atomic mass is 15.1. The number of allylic oxidation sites excluding steroid dienone is 2. The van der Waals surface area contributed by atoms with Crippen LogP contribution in [-0.2, 0) is 11.0 Å². The molecule has 0 amide bonds.